The number of anilines is 2. The zero-order valence-corrected chi connectivity index (χ0v) is 24.3. The lowest BCUT2D eigenvalue weighted by Gasteiger charge is -2.36. The first-order valence-electron chi connectivity index (χ1n) is 13.6. The molecule has 0 bridgehead atoms. The van der Waals surface area contributed by atoms with Crippen molar-refractivity contribution in [1.29, 1.82) is 0 Å². The van der Waals surface area contributed by atoms with Gasteiger partial charge in [-0.1, -0.05) is 24.3 Å². The number of carbonyl (C=O) groups excluding carboxylic acids is 4. The van der Waals surface area contributed by atoms with Gasteiger partial charge in [0.1, 0.15) is 11.8 Å². The number of piperazine rings is 1. The van der Waals surface area contributed by atoms with Gasteiger partial charge >= 0.3 is 18.0 Å². The maximum absolute atomic E-state index is 12.9. The van der Waals surface area contributed by atoms with Crippen LogP contribution in [0.1, 0.15) is 24.0 Å². The van der Waals surface area contributed by atoms with E-state index in [4.69, 9.17) is 9.84 Å². The summed E-state index contributed by atoms with van der Waals surface area (Å²) < 4.78 is 5.44. The minimum atomic E-state index is -1.16. The normalized spacial score (nSPS) is 14.4. The summed E-state index contributed by atoms with van der Waals surface area (Å²) in [6.45, 7) is 3.07. The summed E-state index contributed by atoms with van der Waals surface area (Å²) in [5.74, 6) is -1.37. The summed E-state index contributed by atoms with van der Waals surface area (Å²) in [5, 5.41) is 17.3. The number of hydrogen-bond donors (Lipinski definition) is 4. The van der Waals surface area contributed by atoms with E-state index in [-0.39, 0.29) is 25.4 Å². The molecule has 0 spiro atoms. The summed E-state index contributed by atoms with van der Waals surface area (Å²) in [6.07, 6.45) is 0.123. The number of ether oxygens (including phenoxy) is 1. The molecule has 4 N–H and O–H groups in total. The first kappa shape index (κ1) is 31.7. The number of carboxylic acid groups (broad SMARTS) is 1. The van der Waals surface area contributed by atoms with Crippen molar-refractivity contribution in [2.75, 3.05) is 58.0 Å². The predicted molar refractivity (Wildman–Crippen MR) is 157 cm³/mol. The topological polar surface area (TPSA) is 161 Å². The van der Waals surface area contributed by atoms with Gasteiger partial charge < -0.3 is 40.5 Å². The van der Waals surface area contributed by atoms with Crippen LogP contribution in [0.25, 0.3) is 0 Å². The van der Waals surface area contributed by atoms with Crippen molar-refractivity contribution in [3.8, 4) is 5.75 Å². The first-order valence-corrected chi connectivity index (χ1v) is 13.6. The number of carbonyl (C=O) groups is 5. The largest absolute Gasteiger partial charge is 0.495 e. The molecule has 0 radical (unpaired) electrons. The Morgan fingerprint density at radius 1 is 1.05 bits per heavy atom. The van der Waals surface area contributed by atoms with E-state index in [0.29, 0.717) is 42.2 Å². The van der Waals surface area contributed by atoms with Crippen LogP contribution < -0.4 is 20.7 Å². The smallest absolute Gasteiger partial charge is 0.323 e. The Balaban J connectivity index is 1.49. The lowest BCUT2D eigenvalue weighted by atomic mass is 10.1. The van der Waals surface area contributed by atoms with Crippen molar-refractivity contribution in [3.63, 3.8) is 0 Å². The van der Waals surface area contributed by atoms with Crippen molar-refractivity contribution in [2.45, 2.75) is 32.2 Å². The van der Waals surface area contributed by atoms with Gasteiger partial charge in [0.25, 0.3) is 0 Å². The number of amides is 6. The van der Waals surface area contributed by atoms with Crippen LogP contribution in [0.3, 0.4) is 0 Å². The Bertz CT molecular complexity index is 1320. The monoisotopic (exact) mass is 582 g/mol. The van der Waals surface area contributed by atoms with E-state index < -0.39 is 36.4 Å². The van der Waals surface area contributed by atoms with Gasteiger partial charge in [0, 0.05) is 46.0 Å². The molecule has 0 aromatic heterocycles. The second kappa shape index (κ2) is 14.7. The second-order valence-electron chi connectivity index (χ2n) is 10.1. The number of nitrogens with one attached hydrogen (secondary N) is 3. The highest BCUT2D eigenvalue weighted by atomic mass is 16.5. The van der Waals surface area contributed by atoms with E-state index in [1.807, 2.05) is 25.1 Å². The van der Waals surface area contributed by atoms with Crippen LogP contribution in [-0.4, -0.2) is 103 Å². The molecule has 1 aliphatic heterocycles. The van der Waals surface area contributed by atoms with Crippen LogP contribution in [-0.2, 0) is 20.8 Å². The number of nitrogens with zero attached hydrogens (tertiary/aromatic N) is 3. The molecule has 13 heteroatoms. The molecule has 0 saturated carbocycles. The molecule has 2 aromatic carbocycles. The molecule has 42 heavy (non-hydrogen) atoms. The van der Waals surface area contributed by atoms with Crippen molar-refractivity contribution < 1.29 is 33.8 Å². The highest BCUT2D eigenvalue weighted by Gasteiger charge is 2.35. The third-order valence-electron chi connectivity index (χ3n) is 6.95. The molecule has 2 aromatic rings. The number of likely N-dealkylation sites (N-methyl/N-ethyl adjacent to an activating group) is 1. The van der Waals surface area contributed by atoms with Crippen LogP contribution in [0.15, 0.2) is 42.5 Å². The molecule has 1 fully saturated rings. The number of methoxy groups -OCH3 is 1. The number of benzene rings is 2. The summed E-state index contributed by atoms with van der Waals surface area (Å²) in [6, 6.07) is 10.6. The van der Waals surface area contributed by atoms with Crippen molar-refractivity contribution in [2.24, 2.45) is 0 Å². The van der Waals surface area contributed by atoms with Crippen molar-refractivity contribution in [3.05, 3.63) is 53.6 Å². The highest BCUT2D eigenvalue weighted by Crippen LogP contribution is 2.26. The SMILES string of the molecule is COc1cc(CC(=O)N(C)CCCN(C)C(=O)N2CCNC(=O)C2CC(=O)O)ccc1NC(=O)Nc1ccccc1C. The molecule has 226 valence electrons. The molecule has 0 aliphatic carbocycles. The molecule has 13 nitrogen and oxygen atoms in total. The zero-order valence-electron chi connectivity index (χ0n) is 24.3. The number of para-hydroxylation sites is 1. The minimum Gasteiger partial charge on any atom is -0.495 e. The number of hydrogen-bond acceptors (Lipinski definition) is 6. The fourth-order valence-corrected chi connectivity index (χ4v) is 4.54. The van der Waals surface area contributed by atoms with Gasteiger partial charge in [0.2, 0.25) is 11.8 Å². The average Bonchev–Trinajstić information content (AvgIpc) is 2.95. The van der Waals surface area contributed by atoms with Gasteiger partial charge in [0.05, 0.1) is 25.6 Å². The van der Waals surface area contributed by atoms with E-state index in [0.717, 1.165) is 5.56 Å². The third-order valence-corrected chi connectivity index (χ3v) is 6.95. The van der Waals surface area contributed by atoms with Gasteiger partial charge in [-0.3, -0.25) is 14.4 Å². The third kappa shape index (κ3) is 8.59. The van der Waals surface area contributed by atoms with Crippen LogP contribution in [0.2, 0.25) is 0 Å². The van der Waals surface area contributed by atoms with Crippen molar-refractivity contribution in [1.82, 2.24) is 20.0 Å². The number of aliphatic carboxylic acids is 1. The maximum atomic E-state index is 12.9. The fraction of sp³-hybridized carbons (Fsp3) is 0.414. The summed E-state index contributed by atoms with van der Waals surface area (Å²) in [7, 11) is 4.73. The van der Waals surface area contributed by atoms with E-state index in [1.165, 1.54) is 16.9 Å². The molecule has 3 rings (SSSR count). The van der Waals surface area contributed by atoms with E-state index in [1.54, 1.807) is 43.3 Å². The van der Waals surface area contributed by atoms with Gasteiger partial charge in [-0.25, -0.2) is 9.59 Å². The van der Waals surface area contributed by atoms with Crippen LogP contribution >= 0.6 is 0 Å². The summed E-state index contributed by atoms with van der Waals surface area (Å²) >= 11 is 0. The number of urea groups is 2. The average molecular weight is 583 g/mol. The van der Waals surface area contributed by atoms with E-state index >= 15 is 0 Å². The minimum absolute atomic E-state index is 0.108. The molecule has 1 unspecified atom stereocenters. The first-order chi connectivity index (χ1) is 20.0. The van der Waals surface area contributed by atoms with Gasteiger partial charge in [-0.05, 0) is 42.7 Å². The molecule has 1 heterocycles. The zero-order chi connectivity index (χ0) is 30.8. The maximum Gasteiger partial charge on any atom is 0.323 e. The van der Waals surface area contributed by atoms with Gasteiger partial charge in [-0.15, -0.1) is 0 Å². The highest BCUT2D eigenvalue weighted by molar-refractivity contribution is 6.01. The molecule has 1 aliphatic rings. The second-order valence-corrected chi connectivity index (χ2v) is 10.1. The number of aryl methyl sites for hydroxylation is 1. The Morgan fingerprint density at radius 2 is 1.74 bits per heavy atom. The van der Waals surface area contributed by atoms with Crippen LogP contribution in [0, 0.1) is 6.92 Å². The van der Waals surface area contributed by atoms with E-state index in [9.17, 15) is 24.0 Å². The molecule has 6 amide bonds. The fourth-order valence-electron chi connectivity index (χ4n) is 4.54. The standard InChI is InChI=1S/C29H38N6O7/c1-19-8-5-6-9-21(19)31-28(40)32-22-11-10-20(16-24(22)42-4)17-25(36)33(2)13-7-14-34(3)29(41)35-15-12-30-27(39)23(35)18-26(37)38/h5-6,8-11,16,23H,7,12-15,17-18H2,1-4H3,(H,30,39)(H,37,38)(H2,31,32,40). The van der Waals surface area contributed by atoms with Gasteiger partial charge in [-0.2, -0.15) is 0 Å². The molecule has 1 saturated heterocycles. The quantitative estimate of drug-likeness (QED) is 0.316. The summed E-state index contributed by atoms with van der Waals surface area (Å²) in [4.78, 5) is 65.8. The Kier molecular flexibility index (Phi) is 11.1. The molecule has 1 atom stereocenters. The predicted octanol–water partition coefficient (Wildman–Crippen LogP) is 2.37. The number of carboxylic acids is 1. The summed E-state index contributed by atoms with van der Waals surface area (Å²) in [5.41, 5.74) is 2.78. The molecular formula is C29H38N6O7. The Labute approximate surface area is 244 Å². The van der Waals surface area contributed by atoms with Crippen LogP contribution in [0.5, 0.6) is 5.75 Å². The lowest BCUT2D eigenvalue weighted by molar-refractivity contribution is -0.142. The van der Waals surface area contributed by atoms with E-state index in [2.05, 4.69) is 16.0 Å². The molecular weight excluding hydrogens is 544 g/mol. The van der Waals surface area contributed by atoms with Crippen LogP contribution in [0.4, 0.5) is 21.0 Å². The van der Waals surface area contributed by atoms with Gasteiger partial charge in [0.15, 0.2) is 0 Å². The Morgan fingerprint density at radius 3 is 2.43 bits per heavy atom. The lowest BCUT2D eigenvalue weighted by Crippen LogP contribution is -2.60. The van der Waals surface area contributed by atoms with Crippen molar-refractivity contribution >= 4 is 41.2 Å². The Hall–Kier alpha value is -4.81. The number of rotatable bonds is 11.